The van der Waals surface area contributed by atoms with E-state index < -0.39 is 0 Å². The monoisotopic (exact) mass is 383 g/mol. The number of hydrogen-bond acceptors (Lipinski definition) is 3. The largest absolute Gasteiger partial charge is 0.381 e. The van der Waals surface area contributed by atoms with Crippen molar-refractivity contribution in [3.63, 3.8) is 0 Å². The molecule has 6 nitrogen and oxygen atoms in total. The number of nitrogens with zero attached hydrogens (tertiary/aromatic N) is 1. The van der Waals surface area contributed by atoms with Gasteiger partial charge in [0.15, 0.2) is 0 Å². The SMILES string of the molecule is CCCCOCCCNC(=O)Nc1cccc(C(=O)N(C)c2ccccc2)c1. The molecule has 0 aliphatic carbocycles. The topological polar surface area (TPSA) is 70.7 Å². The fraction of sp³-hybridized carbons (Fsp3) is 0.364. The standard InChI is InChI=1S/C22H29N3O3/c1-3-4-15-28-16-9-14-23-22(27)24-19-11-8-10-18(17-19)21(26)25(2)20-12-6-5-7-13-20/h5-8,10-13,17H,3-4,9,14-16H2,1-2H3,(H2,23,24,27). The van der Waals surface area contributed by atoms with Crippen molar-refractivity contribution in [2.75, 3.05) is 37.0 Å². The summed E-state index contributed by atoms with van der Waals surface area (Å²) in [6.45, 7) is 4.06. The minimum atomic E-state index is -0.297. The van der Waals surface area contributed by atoms with Crippen molar-refractivity contribution >= 4 is 23.3 Å². The summed E-state index contributed by atoms with van der Waals surface area (Å²) in [5.41, 5.74) is 1.89. The molecule has 0 aliphatic heterocycles. The van der Waals surface area contributed by atoms with E-state index >= 15 is 0 Å². The van der Waals surface area contributed by atoms with E-state index in [0.717, 1.165) is 31.6 Å². The molecule has 6 heteroatoms. The van der Waals surface area contributed by atoms with E-state index in [-0.39, 0.29) is 11.9 Å². The average Bonchev–Trinajstić information content (AvgIpc) is 2.73. The molecule has 0 aromatic heterocycles. The van der Waals surface area contributed by atoms with Gasteiger partial charge in [0.05, 0.1) is 0 Å². The molecule has 2 aromatic rings. The minimum absolute atomic E-state index is 0.139. The van der Waals surface area contributed by atoms with Crippen LogP contribution in [0.1, 0.15) is 36.5 Å². The average molecular weight is 383 g/mol. The second-order valence-corrected chi connectivity index (χ2v) is 6.48. The van der Waals surface area contributed by atoms with Crippen LogP contribution < -0.4 is 15.5 Å². The molecule has 0 saturated carbocycles. The van der Waals surface area contributed by atoms with Gasteiger partial charge in [0.1, 0.15) is 0 Å². The van der Waals surface area contributed by atoms with Gasteiger partial charge in [-0.3, -0.25) is 4.79 Å². The van der Waals surface area contributed by atoms with Crippen LogP contribution in [-0.4, -0.2) is 38.7 Å². The molecule has 0 atom stereocenters. The first kappa shape index (κ1) is 21.4. The lowest BCUT2D eigenvalue weighted by Gasteiger charge is -2.17. The van der Waals surface area contributed by atoms with Gasteiger partial charge in [0, 0.05) is 43.7 Å². The van der Waals surface area contributed by atoms with Crippen molar-refractivity contribution in [3.05, 3.63) is 60.2 Å². The van der Waals surface area contributed by atoms with Crippen LogP contribution in [0.5, 0.6) is 0 Å². The molecule has 3 amide bonds. The summed E-state index contributed by atoms with van der Waals surface area (Å²) in [6, 6.07) is 16.0. The number of benzene rings is 2. The molecule has 0 saturated heterocycles. The Morgan fingerprint density at radius 3 is 2.50 bits per heavy atom. The normalized spacial score (nSPS) is 10.4. The summed E-state index contributed by atoms with van der Waals surface area (Å²) in [6.07, 6.45) is 2.93. The molecule has 0 fully saturated rings. The van der Waals surface area contributed by atoms with Crippen molar-refractivity contribution in [3.8, 4) is 0 Å². The van der Waals surface area contributed by atoms with Crippen molar-refractivity contribution in [2.45, 2.75) is 26.2 Å². The summed E-state index contributed by atoms with van der Waals surface area (Å²) in [4.78, 5) is 26.3. The van der Waals surface area contributed by atoms with E-state index in [1.165, 1.54) is 0 Å². The van der Waals surface area contributed by atoms with Gasteiger partial charge in [-0.05, 0) is 43.2 Å². The van der Waals surface area contributed by atoms with E-state index in [4.69, 9.17) is 4.74 Å². The van der Waals surface area contributed by atoms with Gasteiger partial charge in [-0.2, -0.15) is 0 Å². The molecule has 0 radical (unpaired) electrons. The first-order valence-electron chi connectivity index (χ1n) is 9.67. The predicted molar refractivity (Wildman–Crippen MR) is 113 cm³/mol. The zero-order valence-corrected chi connectivity index (χ0v) is 16.6. The smallest absolute Gasteiger partial charge is 0.319 e. The number of amides is 3. The quantitative estimate of drug-likeness (QED) is 0.601. The van der Waals surface area contributed by atoms with Crippen LogP contribution in [0.25, 0.3) is 0 Å². The second kappa shape index (κ2) is 11.8. The molecule has 2 rings (SSSR count). The second-order valence-electron chi connectivity index (χ2n) is 6.48. The highest BCUT2D eigenvalue weighted by Gasteiger charge is 2.14. The number of anilines is 2. The van der Waals surface area contributed by atoms with Gasteiger partial charge in [-0.15, -0.1) is 0 Å². The lowest BCUT2D eigenvalue weighted by Crippen LogP contribution is -2.30. The molecule has 28 heavy (non-hydrogen) atoms. The highest BCUT2D eigenvalue weighted by molar-refractivity contribution is 6.06. The van der Waals surface area contributed by atoms with Crippen LogP contribution >= 0.6 is 0 Å². The van der Waals surface area contributed by atoms with Gasteiger partial charge < -0.3 is 20.3 Å². The van der Waals surface area contributed by atoms with Gasteiger partial charge in [-0.25, -0.2) is 4.79 Å². The third kappa shape index (κ3) is 7.04. The Hall–Kier alpha value is -2.86. The fourth-order valence-electron chi connectivity index (χ4n) is 2.59. The molecule has 0 heterocycles. The Balaban J connectivity index is 1.82. The van der Waals surface area contributed by atoms with Crippen LogP contribution in [0.3, 0.4) is 0 Å². The molecule has 0 aliphatic rings. The van der Waals surface area contributed by atoms with Crippen molar-refractivity contribution in [2.24, 2.45) is 0 Å². The Morgan fingerprint density at radius 2 is 1.75 bits per heavy atom. The molecular formula is C22H29N3O3. The van der Waals surface area contributed by atoms with Gasteiger partial charge >= 0.3 is 6.03 Å². The van der Waals surface area contributed by atoms with E-state index in [9.17, 15) is 9.59 Å². The summed E-state index contributed by atoms with van der Waals surface area (Å²) in [5, 5.41) is 5.56. The van der Waals surface area contributed by atoms with Gasteiger partial charge in [0.2, 0.25) is 0 Å². The maximum Gasteiger partial charge on any atom is 0.319 e. The third-order valence-electron chi connectivity index (χ3n) is 4.21. The zero-order chi connectivity index (χ0) is 20.2. The van der Waals surface area contributed by atoms with Crippen molar-refractivity contribution < 1.29 is 14.3 Å². The van der Waals surface area contributed by atoms with Crippen molar-refractivity contribution in [1.82, 2.24) is 5.32 Å². The first-order valence-corrected chi connectivity index (χ1v) is 9.67. The number of unbranched alkanes of at least 4 members (excludes halogenated alkanes) is 1. The Bertz CT molecular complexity index is 750. The number of carbonyl (C=O) groups is 2. The first-order chi connectivity index (χ1) is 13.6. The molecule has 2 N–H and O–H groups in total. The molecule has 0 unspecified atom stereocenters. The van der Waals surface area contributed by atoms with Crippen molar-refractivity contribution in [1.29, 1.82) is 0 Å². The van der Waals surface area contributed by atoms with E-state index in [2.05, 4.69) is 17.6 Å². The highest BCUT2D eigenvalue weighted by atomic mass is 16.5. The summed E-state index contributed by atoms with van der Waals surface area (Å²) in [7, 11) is 1.73. The Kier molecular flexibility index (Phi) is 9.01. The Labute approximate surface area is 166 Å². The maximum atomic E-state index is 12.7. The summed E-state index contributed by atoms with van der Waals surface area (Å²) < 4.78 is 5.46. The fourth-order valence-corrected chi connectivity index (χ4v) is 2.59. The molecular weight excluding hydrogens is 354 g/mol. The van der Waals surface area contributed by atoms with Crippen LogP contribution in [0.4, 0.5) is 16.2 Å². The van der Waals surface area contributed by atoms with E-state index in [1.807, 2.05) is 30.3 Å². The number of urea groups is 1. The van der Waals surface area contributed by atoms with E-state index in [0.29, 0.717) is 24.4 Å². The highest BCUT2D eigenvalue weighted by Crippen LogP contribution is 2.17. The molecule has 150 valence electrons. The molecule has 2 aromatic carbocycles. The summed E-state index contributed by atoms with van der Waals surface area (Å²) >= 11 is 0. The lowest BCUT2D eigenvalue weighted by molar-refractivity contribution is 0.0993. The van der Waals surface area contributed by atoms with E-state index in [1.54, 1.807) is 36.2 Å². The molecule has 0 bridgehead atoms. The number of rotatable bonds is 10. The number of hydrogen-bond donors (Lipinski definition) is 2. The van der Waals surface area contributed by atoms with Crippen LogP contribution in [0.15, 0.2) is 54.6 Å². The third-order valence-corrected chi connectivity index (χ3v) is 4.21. The number of nitrogens with one attached hydrogen (secondary N) is 2. The van der Waals surface area contributed by atoms with Gasteiger partial charge in [0.25, 0.3) is 5.91 Å². The Morgan fingerprint density at radius 1 is 1.00 bits per heavy atom. The zero-order valence-electron chi connectivity index (χ0n) is 16.6. The van der Waals surface area contributed by atoms with Crippen LogP contribution in [-0.2, 0) is 4.74 Å². The van der Waals surface area contributed by atoms with Crippen LogP contribution in [0.2, 0.25) is 0 Å². The lowest BCUT2D eigenvalue weighted by atomic mass is 10.1. The minimum Gasteiger partial charge on any atom is -0.381 e. The number of carbonyl (C=O) groups excluding carboxylic acids is 2. The number of para-hydroxylation sites is 1. The number of ether oxygens (including phenoxy) is 1. The molecule has 0 spiro atoms. The van der Waals surface area contributed by atoms with Gasteiger partial charge in [-0.1, -0.05) is 37.6 Å². The van der Waals surface area contributed by atoms with Crippen LogP contribution in [0, 0.1) is 0 Å². The summed E-state index contributed by atoms with van der Waals surface area (Å²) in [5.74, 6) is -0.139. The predicted octanol–water partition coefficient (Wildman–Crippen LogP) is 4.29. The maximum absolute atomic E-state index is 12.7.